The Morgan fingerprint density at radius 2 is 0.588 bits per heavy atom. The zero-order chi connectivity index (χ0) is 9.70. The maximum absolute atomic E-state index is 2.22. The quantitative estimate of drug-likeness (QED) is 0.440. The van der Waals surface area contributed by atoms with Crippen LogP contribution in [0.25, 0.3) is 0 Å². The van der Waals surface area contributed by atoms with Gasteiger partial charge in [-0.1, -0.05) is 112 Å². The molecule has 0 unspecified atom stereocenters. The normalized spacial score (nSPS) is 4.94. The van der Waals surface area contributed by atoms with E-state index in [1.807, 2.05) is 0 Å². The van der Waals surface area contributed by atoms with Gasteiger partial charge in [0.1, 0.15) is 0 Å². The van der Waals surface area contributed by atoms with Crippen molar-refractivity contribution in [2.24, 2.45) is 5.92 Å². The van der Waals surface area contributed by atoms with Crippen LogP contribution in [0.15, 0.2) is 0 Å². The summed E-state index contributed by atoms with van der Waals surface area (Å²) in [6.45, 7) is 15.1. The van der Waals surface area contributed by atoms with Gasteiger partial charge in [0.05, 0.1) is 0 Å². The predicted molar refractivity (Wildman–Crippen MR) is 97.4 cm³/mol. The first kappa shape index (κ1) is 68.0. The lowest BCUT2D eigenvalue weighted by atomic mass is 10.2. The van der Waals surface area contributed by atoms with Crippen molar-refractivity contribution >= 4 is 0 Å². The van der Waals surface area contributed by atoms with E-state index in [0.29, 0.717) is 0 Å². The van der Waals surface area contributed by atoms with E-state index in [9.17, 15) is 0 Å². The van der Waals surface area contributed by atoms with Gasteiger partial charge in [0.25, 0.3) is 0 Å². The maximum Gasteiger partial charge on any atom is -0.0474 e. The van der Waals surface area contributed by atoms with E-state index in [0.717, 1.165) is 5.92 Å². The molecule has 0 aromatic heterocycles. The van der Waals surface area contributed by atoms with Crippen LogP contribution in [0, 0.1) is 5.92 Å². The van der Waals surface area contributed by atoms with Gasteiger partial charge in [-0.3, -0.25) is 0 Å². The molecule has 0 aliphatic carbocycles. The first-order valence-electron chi connectivity index (χ1n) is 5.10. The summed E-state index contributed by atoms with van der Waals surface area (Å²) in [5.41, 5.74) is 0. The lowest BCUT2D eigenvalue weighted by Crippen LogP contribution is -1.77. The Hall–Kier alpha value is 0. The summed E-state index contributed by atoms with van der Waals surface area (Å²) >= 11 is 0. The standard InChI is InChI=1S/C5H12.2C3H8.6CH4/c1-4-5(2)3;2*1-3-2;;;;;;/h5H,4H2,1-3H3;2*3H2,1-2H3;6*1H4. The Morgan fingerprint density at radius 1 is 0.529 bits per heavy atom. The Bertz CT molecular complexity index is 27.0. The van der Waals surface area contributed by atoms with E-state index >= 15 is 0 Å². The zero-order valence-corrected chi connectivity index (χ0v) is 9.70. The Labute approximate surface area is 119 Å². The molecule has 0 nitrogen and oxygen atoms in total. The van der Waals surface area contributed by atoms with Gasteiger partial charge >= 0.3 is 0 Å². The highest BCUT2D eigenvalue weighted by Gasteiger charge is 1.80. The van der Waals surface area contributed by atoms with Crippen LogP contribution in [0.4, 0.5) is 0 Å². The van der Waals surface area contributed by atoms with Gasteiger partial charge < -0.3 is 0 Å². The van der Waals surface area contributed by atoms with Gasteiger partial charge in [-0.15, -0.1) is 0 Å². The predicted octanol–water partition coefficient (Wildman–Crippen LogP) is 8.70. The van der Waals surface area contributed by atoms with Crippen LogP contribution in [0.3, 0.4) is 0 Å². The SMILES string of the molecule is C.C.C.C.C.C.CCC.CCC.CCC(C)C. The van der Waals surface area contributed by atoms with E-state index in [-0.39, 0.29) is 44.6 Å². The summed E-state index contributed by atoms with van der Waals surface area (Å²) in [4.78, 5) is 0. The molecular formula is C17H52. The minimum Gasteiger partial charge on any atom is -0.0776 e. The fourth-order valence-corrected chi connectivity index (χ4v) is 0. The monoisotopic (exact) mass is 256 g/mol. The lowest BCUT2D eigenvalue weighted by Gasteiger charge is -1.90. The zero-order valence-electron chi connectivity index (χ0n) is 9.70. The molecule has 0 heterocycles. The summed E-state index contributed by atoms with van der Waals surface area (Å²) in [5.74, 6) is 0.884. The van der Waals surface area contributed by atoms with Crippen LogP contribution in [-0.2, 0) is 0 Å². The van der Waals surface area contributed by atoms with Gasteiger partial charge in [-0.05, 0) is 5.92 Å². The van der Waals surface area contributed by atoms with Crippen molar-refractivity contribution in [2.45, 2.75) is 112 Å². The molecule has 0 spiro atoms. The molecule has 0 aromatic rings. The molecule has 0 amide bonds. The second-order valence-electron chi connectivity index (χ2n) is 3.22. The van der Waals surface area contributed by atoms with Crippen molar-refractivity contribution in [2.75, 3.05) is 0 Å². The highest BCUT2D eigenvalue weighted by atomic mass is 13.9. The first-order chi connectivity index (χ1) is 5.10. The number of hydrogen-bond acceptors (Lipinski definition) is 0. The van der Waals surface area contributed by atoms with Crippen molar-refractivity contribution in [3.63, 3.8) is 0 Å². The van der Waals surface area contributed by atoms with Gasteiger partial charge in [-0.2, -0.15) is 0 Å². The largest absolute Gasteiger partial charge is 0.0776 e. The molecule has 0 radical (unpaired) electrons. The van der Waals surface area contributed by atoms with Gasteiger partial charge in [-0.25, -0.2) is 0 Å². The average molecular weight is 257 g/mol. The molecule has 0 saturated carbocycles. The molecule has 120 valence electrons. The minimum absolute atomic E-state index is 0. The van der Waals surface area contributed by atoms with Crippen LogP contribution in [0.1, 0.15) is 112 Å². The second kappa shape index (κ2) is 100. The van der Waals surface area contributed by atoms with Crippen molar-refractivity contribution in [3.8, 4) is 0 Å². The second-order valence-corrected chi connectivity index (χ2v) is 3.22. The van der Waals surface area contributed by atoms with Crippen LogP contribution in [0.5, 0.6) is 0 Å². The number of rotatable bonds is 1. The fraction of sp³-hybridized carbons (Fsp3) is 1.00. The third-order valence-corrected chi connectivity index (χ3v) is 0.816. The molecule has 0 aliphatic rings. The minimum atomic E-state index is 0. The molecule has 17 heavy (non-hydrogen) atoms. The lowest BCUT2D eigenvalue weighted by molar-refractivity contribution is 0.626. The van der Waals surface area contributed by atoms with Crippen LogP contribution < -0.4 is 0 Å². The van der Waals surface area contributed by atoms with Crippen LogP contribution >= 0.6 is 0 Å². The Kier molecular flexibility index (Phi) is 400. The summed E-state index contributed by atoms with van der Waals surface area (Å²) in [7, 11) is 0. The highest BCUT2D eigenvalue weighted by molar-refractivity contribution is 4.32. The summed E-state index contributed by atoms with van der Waals surface area (Å²) in [5, 5.41) is 0. The Morgan fingerprint density at radius 3 is 0.588 bits per heavy atom. The van der Waals surface area contributed by atoms with Gasteiger partial charge in [0.2, 0.25) is 0 Å². The molecule has 0 rings (SSSR count). The van der Waals surface area contributed by atoms with Crippen LogP contribution in [-0.4, -0.2) is 0 Å². The molecule has 0 aromatic carbocycles. The third kappa shape index (κ3) is 784. The molecular weight excluding hydrogens is 204 g/mol. The summed E-state index contributed by atoms with van der Waals surface area (Å²) in [6, 6.07) is 0. The van der Waals surface area contributed by atoms with Crippen molar-refractivity contribution in [1.82, 2.24) is 0 Å². The topological polar surface area (TPSA) is 0 Å². The molecule has 0 atom stereocenters. The van der Waals surface area contributed by atoms with Crippen molar-refractivity contribution in [1.29, 1.82) is 0 Å². The average Bonchev–Trinajstić information content (AvgIpc) is 1.91. The van der Waals surface area contributed by atoms with E-state index in [2.05, 4.69) is 48.5 Å². The highest BCUT2D eigenvalue weighted by Crippen LogP contribution is 1.93. The maximum atomic E-state index is 2.22. The molecule has 0 aliphatic heterocycles. The van der Waals surface area contributed by atoms with Crippen molar-refractivity contribution in [3.05, 3.63) is 0 Å². The summed E-state index contributed by atoms with van der Waals surface area (Å²) in [6.07, 6.45) is 3.81. The molecule has 0 N–H and O–H groups in total. The van der Waals surface area contributed by atoms with Crippen LogP contribution in [0.2, 0.25) is 0 Å². The summed E-state index contributed by atoms with van der Waals surface area (Å²) < 4.78 is 0. The first-order valence-corrected chi connectivity index (χ1v) is 5.10. The van der Waals surface area contributed by atoms with E-state index < -0.39 is 0 Å². The van der Waals surface area contributed by atoms with E-state index in [1.165, 1.54) is 19.3 Å². The van der Waals surface area contributed by atoms with E-state index in [4.69, 9.17) is 0 Å². The third-order valence-electron chi connectivity index (χ3n) is 0.816. The fourth-order valence-electron chi connectivity index (χ4n) is 0. The smallest absolute Gasteiger partial charge is 0.0474 e. The molecule has 0 heteroatoms. The van der Waals surface area contributed by atoms with Crippen molar-refractivity contribution < 1.29 is 0 Å². The Balaban J connectivity index is -0.00000000707. The van der Waals surface area contributed by atoms with Gasteiger partial charge in [0, 0.05) is 0 Å². The molecule has 0 bridgehead atoms. The van der Waals surface area contributed by atoms with Gasteiger partial charge in [0.15, 0.2) is 0 Å². The molecule has 0 saturated heterocycles. The molecule has 0 fully saturated rings. The number of hydrogen-bond donors (Lipinski definition) is 0. The van der Waals surface area contributed by atoms with E-state index in [1.54, 1.807) is 0 Å².